The number of methoxy groups -OCH3 is 1. The van der Waals surface area contributed by atoms with Crippen LogP contribution in [-0.2, 0) is 14.9 Å². The van der Waals surface area contributed by atoms with Crippen LogP contribution in [0, 0.1) is 0 Å². The standard InChI is InChI=1S/C16H17NO2/c1-19-15(18)16(12-17,13-8-4-2-5-9-13)14-10-6-3-7-11-14/h2-11H,12,17H2,1H3. The number of carbonyl (C=O) groups is 1. The highest BCUT2D eigenvalue weighted by atomic mass is 16.5. The highest BCUT2D eigenvalue weighted by Crippen LogP contribution is 2.32. The van der Waals surface area contributed by atoms with Crippen LogP contribution in [0.1, 0.15) is 11.1 Å². The first kappa shape index (κ1) is 13.3. The van der Waals surface area contributed by atoms with Crippen molar-refractivity contribution in [2.24, 2.45) is 5.73 Å². The van der Waals surface area contributed by atoms with Gasteiger partial charge in [-0.1, -0.05) is 60.7 Å². The zero-order chi connectivity index (χ0) is 13.7. The minimum absolute atomic E-state index is 0.160. The van der Waals surface area contributed by atoms with Gasteiger partial charge in [-0.3, -0.25) is 4.79 Å². The molecule has 0 atom stereocenters. The fourth-order valence-electron chi connectivity index (χ4n) is 2.34. The molecule has 0 aliphatic carbocycles. The number of hydrogen-bond acceptors (Lipinski definition) is 3. The Morgan fingerprint density at radius 3 is 1.74 bits per heavy atom. The molecular weight excluding hydrogens is 238 g/mol. The lowest BCUT2D eigenvalue weighted by Crippen LogP contribution is -2.44. The highest BCUT2D eigenvalue weighted by Gasteiger charge is 2.41. The predicted molar refractivity (Wildman–Crippen MR) is 74.7 cm³/mol. The molecule has 0 aromatic heterocycles. The van der Waals surface area contributed by atoms with E-state index >= 15 is 0 Å². The lowest BCUT2D eigenvalue weighted by Gasteiger charge is -2.30. The van der Waals surface area contributed by atoms with Gasteiger partial charge in [0.15, 0.2) is 0 Å². The molecule has 19 heavy (non-hydrogen) atoms. The van der Waals surface area contributed by atoms with Gasteiger partial charge in [-0.25, -0.2) is 0 Å². The third kappa shape index (κ3) is 2.25. The fourth-order valence-corrected chi connectivity index (χ4v) is 2.34. The maximum atomic E-state index is 12.4. The molecule has 0 amide bonds. The van der Waals surface area contributed by atoms with E-state index in [1.807, 2.05) is 60.7 Å². The van der Waals surface area contributed by atoms with Crippen LogP contribution >= 0.6 is 0 Å². The number of rotatable bonds is 4. The summed E-state index contributed by atoms with van der Waals surface area (Å²) in [6.07, 6.45) is 0. The molecule has 2 N–H and O–H groups in total. The summed E-state index contributed by atoms with van der Waals surface area (Å²) >= 11 is 0. The maximum absolute atomic E-state index is 12.4. The van der Waals surface area contributed by atoms with Gasteiger partial charge in [-0.15, -0.1) is 0 Å². The van der Waals surface area contributed by atoms with E-state index in [0.717, 1.165) is 11.1 Å². The first-order valence-electron chi connectivity index (χ1n) is 6.15. The highest BCUT2D eigenvalue weighted by molar-refractivity contribution is 5.88. The number of nitrogens with two attached hydrogens (primary N) is 1. The molecule has 2 aromatic carbocycles. The van der Waals surface area contributed by atoms with Gasteiger partial charge in [0.1, 0.15) is 5.41 Å². The van der Waals surface area contributed by atoms with Crippen LogP contribution in [0.15, 0.2) is 60.7 Å². The topological polar surface area (TPSA) is 52.3 Å². The number of ether oxygens (including phenoxy) is 1. The maximum Gasteiger partial charge on any atom is 0.322 e. The van der Waals surface area contributed by atoms with Crippen molar-refractivity contribution in [3.8, 4) is 0 Å². The number of hydrogen-bond donors (Lipinski definition) is 1. The van der Waals surface area contributed by atoms with Crippen molar-refractivity contribution in [1.82, 2.24) is 0 Å². The Hall–Kier alpha value is -2.13. The third-order valence-corrected chi connectivity index (χ3v) is 3.37. The van der Waals surface area contributed by atoms with Crippen molar-refractivity contribution in [3.63, 3.8) is 0 Å². The lowest BCUT2D eigenvalue weighted by molar-refractivity contribution is -0.145. The minimum atomic E-state index is -0.947. The van der Waals surface area contributed by atoms with E-state index in [1.165, 1.54) is 7.11 Å². The van der Waals surface area contributed by atoms with Crippen LogP contribution < -0.4 is 5.73 Å². The van der Waals surface area contributed by atoms with Crippen molar-refractivity contribution in [3.05, 3.63) is 71.8 Å². The average molecular weight is 255 g/mol. The van der Waals surface area contributed by atoms with Crippen molar-refractivity contribution in [2.45, 2.75) is 5.41 Å². The van der Waals surface area contributed by atoms with Crippen LogP contribution in [-0.4, -0.2) is 19.6 Å². The Bertz CT molecular complexity index is 498. The Morgan fingerprint density at radius 2 is 1.42 bits per heavy atom. The molecule has 2 rings (SSSR count). The number of carbonyl (C=O) groups excluding carboxylic acids is 1. The van der Waals surface area contributed by atoms with Crippen LogP contribution in [0.4, 0.5) is 0 Å². The van der Waals surface area contributed by atoms with Gasteiger partial charge in [0.2, 0.25) is 0 Å². The second-order valence-corrected chi connectivity index (χ2v) is 4.33. The van der Waals surface area contributed by atoms with Crippen LogP contribution in [0.25, 0.3) is 0 Å². The molecule has 0 saturated carbocycles. The summed E-state index contributed by atoms with van der Waals surface area (Å²) in [7, 11) is 1.39. The molecular formula is C16H17NO2. The molecule has 0 heterocycles. The van der Waals surface area contributed by atoms with Gasteiger partial charge in [0.05, 0.1) is 7.11 Å². The molecule has 0 unspecified atom stereocenters. The molecule has 98 valence electrons. The summed E-state index contributed by atoms with van der Waals surface area (Å²) in [5.74, 6) is -0.340. The Kier molecular flexibility index (Phi) is 3.97. The summed E-state index contributed by atoms with van der Waals surface area (Å²) in [6, 6.07) is 19.0. The van der Waals surface area contributed by atoms with E-state index in [9.17, 15) is 4.79 Å². The van der Waals surface area contributed by atoms with Gasteiger partial charge in [-0.05, 0) is 11.1 Å². The minimum Gasteiger partial charge on any atom is -0.468 e. The molecule has 2 aromatic rings. The van der Waals surface area contributed by atoms with Gasteiger partial charge >= 0.3 is 5.97 Å². The molecule has 0 spiro atoms. The van der Waals surface area contributed by atoms with Gasteiger partial charge in [0, 0.05) is 6.54 Å². The predicted octanol–water partition coefficient (Wildman–Crippen LogP) is 2.10. The largest absolute Gasteiger partial charge is 0.468 e. The van der Waals surface area contributed by atoms with Crippen LogP contribution in [0.3, 0.4) is 0 Å². The fraction of sp³-hybridized carbons (Fsp3) is 0.188. The summed E-state index contributed by atoms with van der Waals surface area (Å²) in [5, 5.41) is 0. The molecule has 0 radical (unpaired) electrons. The smallest absolute Gasteiger partial charge is 0.322 e. The molecule has 0 aliphatic rings. The molecule has 0 aliphatic heterocycles. The quantitative estimate of drug-likeness (QED) is 0.851. The van der Waals surface area contributed by atoms with E-state index in [2.05, 4.69) is 0 Å². The van der Waals surface area contributed by atoms with Crippen molar-refractivity contribution >= 4 is 5.97 Å². The lowest BCUT2D eigenvalue weighted by atomic mass is 9.74. The molecule has 3 nitrogen and oxygen atoms in total. The first-order chi connectivity index (χ1) is 9.25. The molecule has 0 fully saturated rings. The van der Waals surface area contributed by atoms with E-state index in [1.54, 1.807) is 0 Å². The van der Waals surface area contributed by atoms with E-state index in [0.29, 0.717) is 0 Å². The van der Waals surface area contributed by atoms with Crippen LogP contribution in [0.5, 0.6) is 0 Å². The number of benzene rings is 2. The SMILES string of the molecule is COC(=O)C(CN)(c1ccccc1)c1ccccc1. The zero-order valence-electron chi connectivity index (χ0n) is 10.9. The Labute approximate surface area is 113 Å². The van der Waals surface area contributed by atoms with E-state index in [4.69, 9.17) is 10.5 Å². The number of esters is 1. The van der Waals surface area contributed by atoms with Crippen molar-refractivity contribution in [2.75, 3.05) is 13.7 Å². The average Bonchev–Trinajstić information content (AvgIpc) is 2.50. The second-order valence-electron chi connectivity index (χ2n) is 4.33. The third-order valence-electron chi connectivity index (χ3n) is 3.37. The monoisotopic (exact) mass is 255 g/mol. The first-order valence-corrected chi connectivity index (χ1v) is 6.15. The molecule has 3 heteroatoms. The second kappa shape index (κ2) is 5.67. The van der Waals surface area contributed by atoms with E-state index < -0.39 is 5.41 Å². The van der Waals surface area contributed by atoms with Crippen molar-refractivity contribution < 1.29 is 9.53 Å². The summed E-state index contributed by atoms with van der Waals surface area (Å²) in [4.78, 5) is 12.4. The van der Waals surface area contributed by atoms with Gasteiger partial charge < -0.3 is 10.5 Å². The van der Waals surface area contributed by atoms with Gasteiger partial charge in [-0.2, -0.15) is 0 Å². The van der Waals surface area contributed by atoms with E-state index in [-0.39, 0.29) is 12.5 Å². The normalized spacial score (nSPS) is 11.1. The molecule has 0 bridgehead atoms. The van der Waals surface area contributed by atoms with Crippen LogP contribution in [0.2, 0.25) is 0 Å². The molecule has 0 saturated heterocycles. The Morgan fingerprint density at radius 1 is 1.00 bits per heavy atom. The summed E-state index contributed by atoms with van der Waals surface area (Å²) in [5.41, 5.74) is 6.69. The van der Waals surface area contributed by atoms with Crippen molar-refractivity contribution in [1.29, 1.82) is 0 Å². The summed E-state index contributed by atoms with van der Waals surface area (Å²) in [6.45, 7) is 0.160. The van der Waals surface area contributed by atoms with Gasteiger partial charge in [0.25, 0.3) is 0 Å². The zero-order valence-corrected chi connectivity index (χ0v) is 10.9. The Balaban J connectivity index is 2.66. The summed E-state index contributed by atoms with van der Waals surface area (Å²) < 4.78 is 5.00.